The molecule has 0 aromatic heterocycles. The van der Waals surface area contributed by atoms with Crippen molar-refractivity contribution in [3.63, 3.8) is 0 Å². The molecule has 1 fully saturated rings. The molecular formula is C20H23N3O4S. The molecule has 28 heavy (non-hydrogen) atoms. The monoisotopic (exact) mass is 401 g/mol. The average Bonchev–Trinajstić information content (AvgIpc) is 2.69. The standard InChI is InChI=1S/C20H23N3O4S/c1-14-6-2-4-8-17(14)22-20(25)15-10-12-23(13-11-15)28(26,27)18-9-5-3-7-16(18)19(21)24/h2-9,15H,10-13H2,1H3,(H2,21,24)(H,22,25). The van der Waals surface area contributed by atoms with E-state index in [1.54, 1.807) is 12.1 Å². The third kappa shape index (κ3) is 4.07. The molecule has 1 aliphatic heterocycles. The lowest BCUT2D eigenvalue weighted by molar-refractivity contribution is -0.120. The predicted molar refractivity (Wildman–Crippen MR) is 106 cm³/mol. The fourth-order valence-electron chi connectivity index (χ4n) is 3.34. The molecule has 3 N–H and O–H groups in total. The van der Waals surface area contributed by atoms with Gasteiger partial charge in [0, 0.05) is 24.7 Å². The minimum absolute atomic E-state index is 0.0260. The molecule has 1 heterocycles. The summed E-state index contributed by atoms with van der Waals surface area (Å²) in [6.45, 7) is 2.34. The van der Waals surface area contributed by atoms with Gasteiger partial charge in [-0.2, -0.15) is 4.31 Å². The lowest BCUT2D eigenvalue weighted by atomic mass is 9.97. The molecular weight excluding hydrogens is 378 g/mol. The number of sulfonamides is 1. The van der Waals surface area contributed by atoms with E-state index < -0.39 is 15.9 Å². The molecule has 2 amide bonds. The number of nitrogens with two attached hydrogens (primary N) is 1. The molecule has 1 saturated heterocycles. The van der Waals surface area contributed by atoms with Gasteiger partial charge in [-0.05, 0) is 43.5 Å². The number of carbonyl (C=O) groups is 2. The van der Waals surface area contributed by atoms with Crippen LogP contribution in [0.25, 0.3) is 0 Å². The highest BCUT2D eigenvalue weighted by molar-refractivity contribution is 7.89. The van der Waals surface area contributed by atoms with Crippen molar-refractivity contribution in [3.05, 3.63) is 59.7 Å². The number of hydrogen-bond donors (Lipinski definition) is 2. The molecule has 0 aliphatic carbocycles. The van der Waals surface area contributed by atoms with Crippen molar-refractivity contribution in [2.75, 3.05) is 18.4 Å². The van der Waals surface area contributed by atoms with Gasteiger partial charge in [-0.3, -0.25) is 9.59 Å². The Morgan fingerprint density at radius 3 is 2.29 bits per heavy atom. The minimum Gasteiger partial charge on any atom is -0.366 e. The SMILES string of the molecule is Cc1ccccc1NC(=O)C1CCN(S(=O)(=O)c2ccccc2C(N)=O)CC1. The van der Waals surface area contributed by atoms with Crippen molar-refractivity contribution in [2.24, 2.45) is 11.7 Å². The van der Waals surface area contributed by atoms with Gasteiger partial charge < -0.3 is 11.1 Å². The van der Waals surface area contributed by atoms with Gasteiger partial charge in [0.05, 0.1) is 10.5 Å². The van der Waals surface area contributed by atoms with E-state index in [1.165, 1.54) is 16.4 Å². The van der Waals surface area contributed by atoms with Crippen LogP contribution in [0.3, 0.4) is 0 Å². The Morgan fingerprint density at radius 2 is 1.64 bits per heavy atom. The van der Waals surface area contributed by atoms with E-state index >= 15 is 0 Å². The van der Waals surface area contributed by atoms with Crippen molar-refractivity contribution < 1.29 is 18.0 Å². The molecule has 0 unspecified atom stereocenters. The largest absolute Gasteiger partial charge is 0.366 e. The van der Waals surface area contributed by atoms with Gasteiger partial charge in [0.2, 0.25) is 21.8 Å². The number of para-hydroxylation sites is 1. The highest BCUT2D eigenvalue weighted by atomic mass is 32.2. The lowest BCUT2D eigenvalue weighted by Gasteiger charge is -2.31. The van der Waals surface area contributed by atoms with Crippen LogP contribution in [0.15, 0.2) is 53.4 Å². The maximum Gasteiger partial charge on any atom is 0.250 e. The Balaban J connectivity index is 1.69. The quantitative estimate of drug-likeness (QED) is 0.800. The number of nitrogens with one attached hydrogen (secondary N) is 1. The maximum absolute atomic E-state index is 12.9. The lowest BCUT2D eigenvalue weighted by Crippen LogP contribution is -2.42. The highest BCUT2D eigenvalue weighted by Crippen LogP contribution is 2.27. The zero-order chi connectivity index (χ0) is 20.3. The summed E-state index contributed by atoms with van der Waals surface area (Å²) in [5.74, 6) is -1.16. The number of hydrogen-bond acceptors (Lipinski definition) is 4. The predicted octanol–water partition coefficient (Wildman–Crippen LogP) is 2.13. The molecule has 0 radical (unpaired) electrons. The number of anilines is 1. The molecule has 0 bridgehead atoms. The van der Waals surface area contributed by atoms with E-state index in [1.807, 2.05) is 31.2 Å². The Hall–Kier alpha value is -2.71. The first-order chi connectivity index (χ1) is 13.3. The number of carbonyl (C=O) groups excluding carboxylic acids is 2. The van der Waals surface area contributed by atoms with Gasteiger partial charge in [0.15, 0.2) is 0 Å². The van der Waals surface area contributed by atoms with Crippen molar-refractivity contribution in [3.8, 4) is 0 Å². The van der Waals surface area contributed by atoms with Crippen LogP contribution in [0.1, 0.15) is 28.8 Å². The first-order valence-electron chi connectivity index (χ1n) is 9.06. The number of rotatable bonds is 5. The van der Waals surface area contributed by atoms with E-state index in [0.29, 0.717) is 12.8 Å². The van der Waals surface area contributed by atoms with Gasteiger partial charge in [0.1, 0.15) is 0 Å². The maximum atomic E-state index is 12.9. The van der Waals surface area contributed by atoms with Crippen molar-refractivity contribution in [1.29, 1.82) is 0 Å². The topological polar surface area (TPSA) is 110 Å². The van der Waals surface area contributed by atoms with E-state index in [0.717, 1.165) is 11.3 Å². The highest BCUT2D eigenvalue weighted by Gasteiger charge is 2.33. The molecule has 0 atom stereocenters. The third-order valence-corrected chi connectivity index (χ3v) is 6.95. The van der Waals surface area contributed by atoms with Gasteiger partial charge >= 0.3 is 0 Å². The number of piperidine rings is 1. The molecule has 1 aliphatic rings. The summed E-state index contributed by atoms with van der Waals surface area (Å²) in [5.41, 5.74) is 7.02. The number of nitrogens with zero attached hydrogens (tertiary/aromatic N) is 1. The summed E-state index contributed by atoms with van der Waals surface area (Å²) < 4.78 is 27.2. The first kappa shape index (κ1) is 20.0. The first-order valence-corrected chi connectivity index (χ1v) is 10.5. The summed E-state index contributed by atoms with van der Waals surface area (Å²) >= 11 is 0. The van der Waals surface area contributed by atoms with Crippen LogP contribution < -0.4 is 11.1 Å². The zero-order valence-corrected chi connectivity index (χ0v) is 16.4. The molecule has 0 saturated carbocycles. The minimum atomic E-state index is -3.85. The number of benzene rings is 2. The van der Waals surface area contributed by atoms with Gasteiger partial charge in [0.25, 0.3) is 0 Å². The van der Waals surface area contributed by atoms with Crippen molar-refractivity contribution in [1.82, 2.24) is 4.31 Å². The van der Waals surface area contributed by atoms with Crippen LogP contribution in [0, 0.1) is 12.8 Å². The van der Waals surface area contributed by atoms with E-state index in [-0.39, 0.29) is 35.4 Å². The Bertz CT molecular complexity index is 996. The summed E-state index contributed by atoms with van der Waals surface area (Å²) in [6, 6.07) is 13.4. The second-order valence-corrected chi connectivity index (χ2v) is 8.75. The number of primary amides is 1. The summed E-state index contributed by atoms with van der Waals surface area (Å²) in [6.07, 6.45) is 0.825. The number of amides is 2. The van der Waals surface area contributed by atoms with Crippen LogP contribution in [0.4, 0.5) is 5.69 Å². The second-order valence-electron chi connectivity index (χ2n) is 6.84. The number of aryl methyl sites for hydroxylation is 1. The fraction of sp³-hybridized carbons (Fsp3) is 0.300. The third-order valence-electron chi connectivity index (χ3n) is 5.00. The molecule has 0 spiro atoms. The molecule has 2 aromatic rings. The van der Waals surface area contributed by atoms with Gasteiger partial charge in [-0.1, -0.05) is 30.3 Å². The van der Waals surface area contributed by atoms with Crippen molar-refractivity contribution >= 4 is 27.5 Å². The van der Waals surface area contributed by atoms with Gasteiger partial charge in [-0.15, -0.1) is 0 Å². The average molecular weight is 401 g/mol. The molecule has 3 rings (SSSR count). The van der Waals surface area contributed by atoms with Crippen LogP contribution in [-0.2, 0) is 14.8 Å². The van der Waals surface area contributed by atoms with Crippen LogP contribution in [-0.4, -0.2) is 37.6 Å². The summed E-state index contributed by atoms with van der Waals surface area (Å²) in [7, 11) is -3.85. The Labute approximate surface area is 164 Å². The van der Waals surface area contributed by atoms with E-state index in [9.17, 15) is 18.0 Å². The smallest absolute Gasteiger partial charge is 0.250 e. The van der Waals surface area contributed by atoms with Gasteiger partial charge in [-0.25, -0.2) is 8.42 Å². The Morgan fingerprint density at radius 1 is 1.04 bits per heavy atom. The summed E-state index contributed by atoms with van der Waals surface area (Å²) in [5, 5.41) is 2.92. The Kier molecular flexibility index (Phi) is 5.81. The normalized spacial score (nSPS) is 15.9. The molecule has 8 heteroatoms. The van der Waals surface area contributed by atoms with Crippen molar-refractivity contribution in [2.45, 2.75) is 24.7 Å². The van der Waals surface area contributed by atoms with E-state index in [4.69, 9.17) is 5.73 Å². The zero-order valence-electron chi connectivity index (χ0n) is 15.6. The van der Waals surface area contributed by atoms with Crippen LogP contribution in [0.5, 0.6) is 0 Å². The second kappa shape index (κ2) is 8.12. The van der Waals surface area contributed by atoms with Crippen LogP contribution in [0.2, 0.25) is 0 Å². The molecule has 7 nitrogen and oxygen atoms in total. The molecule has 148 valence electrons. The van der Waals surface area contributed by atoms with Crippen LogP contribution >= 0.6 is 0 Å². The summed E-state index contributed by atoms with van der Waals surface area (Å²) in [4.78, 5) is 24.0. The molecule has 2 aromatic carbocycles. The van der Waals surface area contributed by atoms with E-state index in [2.05, 4.69) is 5.32 Å². The fourth-order valence-corrected chi connectivity index (χ4v) is 5.01.